The van der Waals surface area contributed by atoms with Crippen LogP contribution >= 0.6 is 20.7 Å². The van der Waals surface area contributed by atoms with Gasteiger partial charge in [0.2, 0.25) is 0 Å². The Hall–Kier alpha value is 0.0800. The van der Waals surface area contributed by atoms with Crippen molar-refractivity contribution in [1.29, 1.82) is 0 Å². The van der Waals surface area contributed by atoms with Crippen molar-refractivity contribution in [3.05, 3.63) is 4.91 Å². The number of alkyl halides is 1. The van der Waals surface area contributed by atoms with Crippen molar-refractivity contribution in [2.75, 3.05) is 13.2 Å². The van der Waals surface area contributed by atoms with Crippen LogP contribution in [0.4, 0.5) is 0 Å². The molecule has 2 saturated heterocycles. The van der Waals surface area contributed by atoms with E-state index in [-0.39, 0.29) is 47.1 Å². The lowest BCUT2D eigenvalue weighted by Crippen LogP contribution is -2.64. The summed E-state index contributed by atoms with van der Waals surface area (Å²) in [6, 6.07) is 0.00545. The second-order valence-electron chi connectivity index (χ2n) is 10.6. The highest BCUT2D eigenvalue weighted by molar-refractivity contribution is 14.2. The van der Waals surface area contributed by atoms with Gasteiger partial charge in [0, 0.05) is 9.84 Å². The SMILES string of the molecule is C=I[C@]12CCC3C4CCC5(OCCO5)[C@@]4(C)[C@H]4O[C@H]4C3[C@@]1(C)CC[C@@H](N=O)C2. The summed E-state index contributed by atoms with van der Waals surface area (Å²) in [4.78, 5) is 11.4. The average molecular weight is 501 g/mol. The van der Waals surface area contributed by atoms with Gasteiger partial charge < -0.3 is 14.2 Å². The lowest BCUT2D eigenvalue weighted by atomic mass is 9.44. The summed E-state index contributed by atoms with van der Waals surface area (Å²) < 4.78 is 23.9. The van der Waals surface area contributed by atoms with E-state index in [2.05, 4.69) is 23.5 Å². The largest absolute Gasteiger partial charge is 0.368 e. The first-order chi connectivity index (χ1) is 13.4. The smallest absolute Gasteiger partial charge is 0.176 e. The third-order valence-corrected chi connectivity index (χ3v) is 13.8. The van der Waals surface area contributed by atoms with Crippen molar-refractivity contribution in [1.82, 2.24) is 0 Å². The van der Waals surface area contributed by atoms with E-state index in [1.807, 2.05) is 0 Å². The molecule has 28 heavy (non-hydrogen) atoms. The monoisotopic (exact) mass is 501 g/mol. The number of epoxide rings is 1. The van der Waals surface area contributed by atoms with Crippen molar-refractivity contribution < 1.29 is 14.2 Å². The molecule has 9 atom stereocenters. The molecular weight excluding hydrogens is 469 g/mol. The minimum absolute atomic E-state index is 0.00545. The van der Waals surface area contributed by atoms with Gasteiger partial charge in [-0.25, -0.2) is 0 Å². The van der Waals surface area contributed by atoms with E-state index in [9.17, 15) is 4.91 Å². The number of hydrogen-bond donors (Lipinski definition) is 0. The lowest BCUT2D eigenvalue weighted by molar-refractivity contribution is -0.241. The van der Waals surface area contributed by atoms with Crippen LogP contribution in [-0.2, 0) is 14.2 Å². The van der Waals surface area contributed by atoms with Crippen LogP contribution in [0.15, 0.2) is 5.18 Å². The van der Waals surface area contributed by atoms with E-state index in [0.717, 1.165) is 38.9 Å². The average Bonchev–Trinajstić information content (AvgIpc) is 3.26. The van der Waals surface area contributed by atoms with Crippen LogP contribution in [-0.4, -0.2) is 45.2 Å². The zero-order valence-corrected chi connectivity index (χ0v) is 19.2. The van der Waals surface area contributed by atoms with Gasteiger partial charge in [-0.1, -0.05) is 23.5 Å². The zero-order chi connectivity index (χ0) is 19.4. The number of nitrogens with zero attached hydrogens (tertiary/aromatic N) is 1. The number of halogens is 1. The molecule has 6 heteroatoms. The Kier molecular flexibility index (Phi) is 3.94. The van der Waals surface area contributed by atoms with Gasteiger partial charge in [-0.3, -0.25) is 0 Å². The standard InChI is InChI=1S/C22H32INO4/c1-19-7-4-13(24-25)12-21(19,23-3)8-5-14-15-6-9-22(26-10-11-27-22)20(15,2)18-17(28-18)16(14)19/h13-18H,3-12H2,1-2H3/t13-,14?,15?,16?,17+,18+,19-,20-,21+/m1/s1. The predicted octanol–water partition coefficient (Wildman–Crippen LogP) is 4.42. The quantitative estimate of drug-likeness (QED) is 0.243. The molecule has 3 unspecified atom stereocenters. The third kappa shape index (κ3) is 1.98. The van der Waals surface area contributed by atoms with E-state index in [0.29, 0.717) is 23.9 Å². The van der Waals surface area contributed by atoms with Crippen molar-refractivity contribution in [2.45, 2.75) is 86.3 Å². The maximum Gasteiger partial charge on any atom is 0.176 e. The summed E-state index contributed by atoms with van der Waals surface area (Å²) in [5.41, 5.74) is 0.243. The van der Waals surface area contributed by atoms with Gasteiger partial charge >= 0.3 is 0 Å². The first-order valence-corrected chi connectivity index (χ1v) is 13.7. The number of hydrogen-bond acceptors (Lipinski definition) is 5. The lowest BCUT2D eigenvalue weighted by Gasteiger charge is -2.63. The minimum Gasteiger partial charge on any atom is -0.368 e. The van der Waals surface area contributed by atoms with Crippen molar-refractivity contribution in [2.24, 2.45) is 33.8 Å². The number of fused-ring (bicyclic) bond motifs is 9. The van der Waals surface area contributed by atoms with Gasteiger partial charge in [-0.2, -0.15) is 4.91 Å². The first kappa shape index (κ1) is 18.8. The molecule has 4 saturated carbocycles. The highest BCUT2D eigenvalue weighted by Crippen LogP contribution is 2.76. The van der Waals surface area contributed by atoms with Crippen molar-refractivity contribution in [3.8, 4) is 0 Å². The third-order valence-electron chi connectivity index (χ3n) is 10.2. The zero-order valence-electron chi connectivity index (χ0n) is 17.0. The van der Waals surface area contributed by atoms with Crippen LogP contribution in [0, 0.1) is 33.5 Å². The maximum absolute atomic E-state index is 11.4. The van der Waals surface area contributed by atoms with Gasteiger partial charge in [0.1, 0.15) is 0 Å². The van der Waals surface area contributed by atoms with Gasteiger partial charge in [0.05, 0.1) is 36.9 Å². The topological polar surface area (TPSA) is 60.4 Å². The minimum atomic E-state index is -0.407. The Balaban J connectivity index is 1.40. The Morgan fingerprint density at radius 3 is 2.57 bits per heavy atom. The molecule has 4 aliphatic carbocycles. The summed E-state index contributed by atoms with van der Waals surface area (Å²) in [5.74, 6) is 1.51. The molecule has 156 valence electrons. The molecule has 2 aliphatic heterocycles. The second kappa shape index (κ2) is 5.86. The Bertz CT molecular complexity index is 725. The Morgan fingerprint density at radius 2 is 1.86 bits per heavy atom. The number of ether oxygens (including phenoxy) is 3. The summed E-state index contributed by atoms with van der Waals surface area (Å²) in [7, 11) is 0. The molecule has 6 aliphatic rings. The van der Waals surface area contributed by atoms with Crippen LogP contribution in [0.3, 0.4) is 0 Å². The van der Waals surface area contributed by atoms with Crippen LogP contribution in [0.25, 0.3) is 0 Å². The van der Waals surface area contributed by atoms with Crippen molar-refractivity contribution >= 4 is 25.2 Å². The summed E-state index contributed by atoms with van der Waals surface area (Å²) in [5, 5.41) is 3.48. The molecule has 0 radical (unpaired) electrons. The number of rotatable bonds is 2. The molecule has 0 aromatic carbocycles. The molecule has 0 amide bonds. The Labute approximate surface area is 177 Å². The van der Waals surface area contributed by atoms with E-state index in [1.54, 1.807) is 0 Å². The fourth-order valence-corrected chi connectivity index (χ4v) is 11.8. The van der Waals surface area contributed by atoms with Gasteiger partial charge in [0.25, 0.3) is 0 Å². The summed E-state index contributed by atoms with van der Waals surface area (Å²) in [6.45, 7) is 6.38. The molecule has 0 bridgehead atoms. The maximum atomic E-state index is 11.4. The van der Waals surface area contributed by atoms with Crippen LogP contribution in [0.1, 0.15) is 58.8 Å². The Morgan fingerprint density at radius 1 is 1.07 bits per heavy atom. The second-order valence-corrected chi connectivity index (χ2v) is 13.5. The normalized spacial score (nSPS) is 58.5. The van der Waals surface area contributed by atoms with Gasteiger partial charge in [-0.15, -0.1) is 20.7 Å². The molecule has 5 nitrogen and oxygen atoms in total. The fraction of sp³-hybridized carbons (Fsp3) is 0.955. The molecule has 1 spiro atoms. The van der Waals surface area contributed by atoms with Crippen LogP contribution in [0.2, 0.25) is 0 Å². The van der Waals surface area contributed by atoms with E-state index < -0.39 is 5.79 Å². The highest BCUT2D eigenvalue weighted by atomic mass is 127. The first-order valence-electron chi connectivity index (χ1n) is 11.1. The predicted molar refractivity (Wildman–Crippen MR) is 116 cm³/mol. The molecule has 0 aromatic rings. The van der Waals surface area contributed by atoms with Crippen LogP contribution < -0.4 is 0 Å². The molecule has 0 N–H and O–H groups in total. The van der Waals surface area contributed by atoms with Crippen LogP contribution in [0.5, 0.6) is 0 Å². The highest BCUT2D eigenvalue weighted by Gasteiger charge is 2.79. The number of nitroso groups, excluding NO2 is 1. The van der Waals surface area contributed by atoms with Crippen molar-refractivity contribution in [3.63, 3.8) is 0 Å². The summed E-state index contributed by atoms with van der Waals surface area (Å²) in [6.07, 6.45) is 8.36. The van der Waals surface area contributed by atoms with E-state index in [1.165, 1.54) is 19.3 Å². The molecule has 0 aromatic heterocycles. The molecule has 6 rings (SSSR count). The van der Waals surface area contributed by atoms with E-state index >= 15 is 0 Å². The molecule has 6 fully saturated rings. The van der Waals surface area contributed by atoms with E-state index in [4.69, 9.17) is 14.2 Å². The summed E-state index contributed by atoms with van der Waals surface area (Å²) >= 11 is -0.211. The molecular formula is C22H32INO4. The van der Waals surface area contributed by atoms with Gasteiger partial charge in [-0.05, 0) is 61.7 Å². The van der Waals surface area contributed by atoms with Gasteiger partial charge in [0.15, 0.2) is 5.79 Å². The molecule has 2 heterocycles. The fourth-order valence-electron chi connectivity index (χ4n) is 8.79.